The molecule has 0 bridgehead atoms. The number of carbonyl (C=O) groups is 1. The Hall–Kier alpha value is -0.440. The number of hydrogen-bond acceptors (Lipinski definition) is 2. The molecule has 0 aromatic rings. The zero-order valence-corrected chi connectivity index (χ0v) is 5.73. The summed E-state index contributed by atoms with van der Waals surface area (Å²) in [5.74, 6) is 0.303. The second-order valence-electron chi connectivity index (χ2n) is 2.21. The molecule has 0 aromatic carbocycles. The van der Waals surface area contributed by atoms with Crippen molar-refractivity contribution >= 4 is 17.7 Å². The number of rotatable bonds is 0. The molecular formula is C6H7NOS. The average molecular weight is 141 g/mol. The quantitative estimate of drug-likeness (QED) is 0.465. The van der Waals surface area contributed by atoms with Crippen molar-refractivity contribution in [3.8, 4) is 0 Å². The first-order valence-corrected chi connectivity index (χ1v) is 3.92. The van der Waals surface area contributed by atoms with Crippen LogP contribution in [0.5, 0.6) is 0 Å². The Labute approximate surface area is 57.9 Å². The van der Waals surface area contributed by atoms with Gasteiger partial charge >= 0.3 is 0 Å². The lowest BCUT2D eigenvalue weighted by atomic mass is 10.2. The Balaban J connectivity index is 2.12. The number of amides is 1. The summed E-state index contributed by atoms with van der Waals surface area (Å²) in [6.07, 6.45) is 2.77. The van der Waals surface area contributed by atoms with Gasteiger partial charge in [-0.15, -0.1) is 11.8 Å². The van der Waals surface area contributed by atoms with Gasteiger partial charge in [0.25, 0.3) is 0 Å². The third-order valence-electron chi connectivity index (χ3n) is 1.65. The van der Waals surface area contributed by atoms with Crippen molar-refractivity contribution in [1.82, 2.24) is 4.90 Å². The van der Waals surface area contributed by atoms with Gasteiger partial charge in [0.1, 0.15) is 0 Å². The van der Waals surface area contributed by atoms with E-state index in [1.807, 2.05) is 11.0 Å². The molecular weight excluding hydrogens is 134 g/mol. The summed E-state index contributed by atoms with van der Waals surface area (Å²) in [5.41, 5.74) is 0. The molecule has 2 nitrogen and oxygen atoms in total. The molecule has 2 heterocycles. The number of thioether (sulfide) groups is 1. The van der Waals surface area contributed by atoms with Crippen LogP contribution >= 0.6 is 11.8 Å². The van der Waals surface area contributed by atoms with E-state index in [-0.39, 0.29) is 0 Å². The molecule has 0 unspecified atom stereocenters. The number of fused-ring (bicyclic) bond motifs is 1. The van der Waals surface area contributed by atoms with Crippen LogP contribution in [-0.2, 0) is 4.79 Å². The minimum absolute atomic E-state index is 0.303. The van der Waals surface area contributed by atoms with E-state index >= 15 is 0 Å². The summed E-state index contributed by atoms with van der Waals surface area (Å²) in [4.78, 5) is 12.6. The predicted octanol–water partition coefficient (Wildman–Crippen LogP) is 0.805. The van der Waals surface area contributed by atoms with Crippen LogP contribution in [0.15, 0.2) is 11.5 Å². The van der Waals surface area contributed by atoms with Gasteiger partial charge in [-0.2, -0.15) is 0 Å². The van der Waals surface area contributed by atoms with Gasteiger partial charge in [0.05, 0.1) is 11.8 Å². The van der Waals surface area contributed by atoms with Gasteiger partial charge in [0.2, 0.25) is 5.91 Å². The molecule has 0 aromatic heterocycles. The fourth-order valence-electron chi connectivity index (χ4n) is 1.07. The fourth-order valence-corrected chi connectivity index (χ4v) is 2.04. The first kappa shape index (κ1) is 5.35. The van der Waals surface area contributed by atoms with Gasteiger partial charge in [0.15, 0.2) is 0 Å². The third kappa shape index (κ3) is 0.678. The van der Waals surface area contributed by atoms with E-state index in [9.17, 15) is 4.79 Å². The topological polar surface area (TPSA) is 20.3 Å². The monoisotopic (exact) mass is 141 g/mol. The molecule has 2 rings (SSSR count). The summed E-state index contributed by atoms with van der Waals surface area (Å²) in [7, 11) is 0. The zero-order valence-electron chi connectivity index (χ0n) is 4.91. The van der Waals surface area contributed by atoms with Gasteiger partial charge in [-0.1, -0.05) is 6.08 Å². The molecule has 0 aliphatic carbocycles. The molecule has 2 aliphatic heterocycles. The Morgan fingerprint density at radius 2 is 2.67 bits per heavy atom. The molecule has 0 N–H and O–H groups in total. The van der Waals surface area contributed by atoms with Crippen LogP contribution in [0.4, 0.5) is 0 Å². The van der Waals surface area contributed by atoms with Gasteiger partial charge in [-0.3, -0.25) is 4.79 Å². The van der Waals surface area contributed by atoms with E-state index in [0.717, 1.165) is 13.0 Å². The summed E-state index contributed by atoms with van der Waals surface area (Å²) >= 11 is 1.74. The maximum Gasteiger partial charge on any atom is 0.226 e. The molecule has 3 heteroatoms. The van der Waals surface area contributed by atoms with Crippen LogP contribution in [0.3, 0.4) is 0 Å². The van der Waals surface area contributed by atoms with Crippen molar-refractivity contribution in [2.75, 3.05) is 6.54 Å². The standard InChI is InChI=1S/C6H7NOS/c8-5-4-6-7(5)2-1-3-9-6/h1,3,6H,2,4H2/t6-/m0/s1. The molecule has 48 valence electrons. The van der Waals surface area contributed by atoms with E-state index in [1.165, 1.54) is 0 Å². The maximum absolute atomic E-state index is 10.7. The zero-order chi connectivity index (χ0) is 6.27. The second kappa shape index (κ2) is 1.77. The van der Waals surface area contributed by atoms with Gasteiger partial charge < -0.3 is 4.90 Å². The maximum atomic E-state index is 10.7. The van der Waals surface area contributed by atoms with Crippen LogP contribution < -0.4 is 0 Å². The van der Waals surface area contributed by atoms with Crippen LogP contribution in [0.1, 0.15) is 6.42 Å². The molecule has 1 saturated heterocycles. The molecule has 9 heavy (non-hydrogen) atoms. The largest absolute Gasteiger partial charge is 0.326 e. The number of hydrogen-bond donors (Lipinski definition) is 0. The molecule has 1 amide bonds. The predicted molar refractivity (Wildman–Crippen MR) is 36.8 cm³/mol. The lowest BCUT2D eigenvalue weighted by Crippen LogP contribution is -2.51. The number of nitrogens with zero attached hydrogens (tertiary/aromatic N) is 1. The molecule has 0 spiro atoms. The Morgan fingerprint density at radius 3 is 3.22 bits per heavy atom. The van der Waals surface area contributed by atoms with Crippen molar-refractivity contribution in [3.05, 3.63) is 11.5 Å². The van der Waals surface area contributed by atoms with E-state index in [4.69, 9.17) is 0 Å². The highest BCUT2D eigenvalue weighted by atomic mass is 32.2. The van der Waals surface area contributed by atoms with E-state index in [1.54, 1.807) is 11.8 Å². The van der Waals surface area contributed by atoms with Crippen LogP contribution in [-0.4, -0.2) is 22.7 Å². The van der Waals surface area contributed by atoms with E-state index < -0.39 is 0 Å². The van der Waals surface area contributed by atoms with Crippen molar-refractivity contribution in [1.29, 1.82) is 0 Å². The summed E-state index contributed by atoms with van der Waals surface area (Å²) in [6.45, 7) is 0.830. The first-order valence-electron chi connectivity index (χ1n) is 2.98. The van der Waals surface area contributed by atoms with Gasteiger partial charge in [0, 0.05) is 6.54 Å². The smallest absolute Gasteiger partial charge is 0.226 e. The number of β-lactam (4-membered cyclic amide) rings is 1. The molecule has 1 atom stereocenters. The lowest BCUT2D eigenvalue weighted by molar-refractivity contribution is -0.140. The SMILES string of the molecule is O=C1C[C@@H]2SC=CCN12. The van der Waals surface area contributed by atoms with Gasteiger partial charge in [-0.05, 0) is 5.41 Å². The summed E-state index contributed by atoms with van der Waals surface area (Å²) in [5, 5.41) is 2.55. The van der Waals surface area contributed by atoms with Crippen LogP contribution in [0.25, 0.3) is 0 Å². The van der Waals surface area contributed by atoms with Gasteiger partial charge in [-0.25, -0.2) is 0 Å². The number of carbonyl (C=O) groups excluding carboxylic acids is 1. The molecule has 2 aliphatic rings. The Morgan fingerprint density at radius 1 is 1.78 bits per heavy atom. The first-order chi connectivity index (χ1) is 4.38. The summed E-state index contributed by atoms with van der Waals surface area (Å²) < 4.78 is 0. The fraction of sp³-hybridized carbons (Fsp3) is 0.500. The van der Waals surface area contributed by atoms with E-state index in [2.05, 4.69) is 5.41 Å². The van der Waals surface area contributed by atoms with Crippen molar-refractivity contribution in [2.24, 2.45) is 0 Å². The van der Waals surface area contributed by atoms with E-state index in [0.29, 0.717) is 11.3 Å². The van der Waals surface area contributed by atoms with Crippen molar-refractivity contribution in [3.63, 3.8) is 0 Å². The van der Waals surface area contributed by atoms with Crippen LogP contribution in [0.2, 0.25) is 0 Å². The third-order valence-corrected chi connectivity index (χ3v) is 2.74. The highest BCUT2D eigenvalue weighted by molar-refractivity contribution is 8.02. The Bertz CT molecular complexity index is 178. The minimum Gasteiger partial charge on any atom is -0.326 e. The second-order valence-corrected chi connectivity index (χ2v) is 3.30. The van der Waals surface area contributed by atoms with Crippen LogP contribution in [0, 0.1) is 0 Å². The highest BCUT2D eigenvalue weighted by Gasteiger charge is 2.36. The van der Waals surface area contributed by atoms with Crippen molar-refractivity contribution < 1.29 is 4.79 Å². The lowest BCUT2D eigenvalue weighted by Gasteiger charge is -2.40. The highest BCUT2D eigenvalue weighted by Crippen LogP contribution is 2.32. The normalized spacial score (nSPS) is 31.8. The Kier molecular flexibility index (Phi) is 1.05. The average Bonchev–Trinajstić information content (AvgIpc) is 1.86. The molecule has 1 fully saturated rings. The molecule has 0 saturated carbocycles. The van der Waals surface area contributed by atoms with Crippen molar-refractivity contribution in [2.45, 2.75) is 11.8 Å². The minimum atomic E-state index is 0.303. The summed E-state index contributed by atoms with van der Waals surface area (Å²) in [6, 6.07) is 0. The molecule has 0 radical (unpaired) electrons.